The molecule has 1 aromatic heterocycles. The number of guanidine groups is 1. The van der Waals surface area contributed by atoms with Gasteiger partial charge in [0.05, 0.1) is 12.8 Å². The van der Waals surface area contributed by atoms with Crippen LogP contribution in [0.15, 0.2) is 82.4 Å². The summed E-state index contributed by atoms with van der Waals surface area (Å²) in [7, 11) is 0. The highest BCUT2D eigenvalue weighted by atomic mass is 16.3. The first kappa shape index (κ1) is 21.2. The van der Waals surface area contributed by atoms with Crippen LogP contribution in [0.3, 0.4) is 0 Å². The number of nitrogens with zero attached hydrogens (tertiary/aromatic N) is 1. The van der Waals surface area contributed by atoms with Crippen molar-refractivity contribution in [2.24, 2.45) is 4.99 Å². The lowest BCUT2D eigenvalue weighted by atomic mass is 10.1. The number of hydrogen-bond acceptors (Lipinski definition) is 3. The van der Waals surface area contributed by atoms with E-state index in [2.05, 4.69) is 45.2 Å². The highest BCUT2D eigenvalue weighted by molar-refractivity contribution is 6.02. The Hall–Kier alpha value is -3.54. The molecule has 156 valence electrons. The topological polar surface area (TPSA) is 78.7 Å². The van der Waals surface area contributed by atoms with E-state index in [-0.39, 0.29) is 11.7 Å². The number of benzene rings is 2. The van der Waals surface area contributed by atoms with Gasteiger partial charge in [0.15, 0.2) is 11.7 Å². The molecule has 30 heavy (non-hydrogen) atoms. The third-order valence-electron chi connectivity index (χ3n) is 4.47. The first-order valence-electron chi connectivity index (χ1n) is 10.2. The summed E-state index contributed by atoms with van der Waals surface area (Å²) in [5.41, 5.74) is 3.06. The highest BCUT2D eigenvalue weighted by Gasteiger charge is 2.08. The van der Waals surface area contributed by atoms with E-state index < -0.39 is 0 Å². The van der Waals surface area contributed by atoms with Gasteiger partial charge in [0, 0.05) is 18.8 Å². The minimum absolute atomic E-state index is 0.269. The van der Waals surface area contributed by atoms with Gasteiger partial charge in [0.2, 0.25) is 0 Å². The molecule has 1 heterocycles. The fourth-order valence-corrected chi connectivity index (χ4v) is 3.00. The summed E-state index contributed by atoms with van der Waals surface area (Å²) in [6.07, 6.45) is 3.54. The number of nitrogens with one attached hydrogen (secondary N) is 3. The molecule has 0 bridgehead atoms. The van der Waals surface area contributed by atoms with Gasteiger partial charge >= 0.3 is 0 Å². The summed E-state index contributed by atoms with van der Waals surface area (Å²) in [5, 5.41) is 9.50. The Morgan fingerprint density at radius 2 is 1.80 bits per heavy atom. The largest absolute Gasteiger partial charge is 0.459 e. The van der Waals surface area contributed by atoms with Gasteiger partial charge in [-0.25, -0.2) is 4.99 Å². The molecule has 0 unspecified atom stereocenters. The molecule has 0 aliphatic rings. The van der Waals surface area contributed by atoms with Crippen LogP contribution in [0.1, 0.15) is 35.0 Å². The van der Waals surface area contributed by atoms with Gasteiger partial charge in [-0.1, -0.05) is 42.5 Å². The Kier molecular flexibility index (Phi) is 8.09. The van der Waals surface area contributed by atoms with Gasteiger partial charge in [0.25, 0.3) is 5.91 Å². The van der Waals surface area contributed by atoms with E-state index >= 15 is 0 Å². The lowest BCUT2D eigenvalue weighted by Crippen LogP contribution is -2.37. The summed E-state index contributed by atoms with van der Waals surface area (Å²) in [6, 6.07) is 21.5. The zero-order valence-electron chi connectivity index (χ0n) is 17.2. The molecule has 0 atom stereocenters. The van der Waals surface area contributed by atoms with Gasteiger partial charge in [0.1, 0.15) is 0 Å². The maximum absolute atomic E-state index is 12.1. The quantitative estimate of drug-likeness (QED) is 0.283. The zero-order valence-corrected chi connectivity index (χ0v) is 17.2. The lowest BCUT2D eigenvalue weighted by molar-refractivity contribution is 0.0996. The average molecular weight is 405 g/mol. The molecule has 3 rings (SSSR count). The summed E-state index contributed by atoms with van der Waals surface area (Å²) in [4.78, 5) is 16.8. The van der Waals surface area contributed by atoms with E-state index in [0.717, 1.165) is 37.5 Å². The third kappa shape index (κ3) is 6.81. The second kappa shape index (κ2) is 11.5. The van der Waals surface area contributed by atoms with Crippen LogP contribution in [0.4, 0.5) is 5.69 Å². The molecular formula is C24H28N4O2. The molecule has 0 saturated heterocycles. The van der Waals surface area contributed by atoms with Gasteiger partial charge in [-0.15, -0.1) is 0 Å². The minimum atomic E-state index is -0.269. The molecular weight excluding hydrogens is 376 g/mol. The summed E-state index contributed by atoms with van der Waals surface area (Å²) < 4.78 is 5.13. The number of aryl methyl sites for hydroxylation is 1. The second-order valence-corrected chi connectivity index (χ2v) is 6.84. The third-order valence-corrected chi connectivity index (χ3v) is 4.47. The van der Waals surface area contributed by atoms with Crippen molar-refractivity contribution in [1.82, 2.24) is 10.6 Å². The fraction of sp³-hybridized carbons (Fsp3) is 0.250. The molecule has 0 spiro atoms. The smallest absolute Gasteiger partial charge is 0.291 e. The molecule has 3 aromatic rings. The van der Waals surface area contributed by atoms with E-state index in [0.29, 0.717) is 12.2 Å². The van der Waals surface area contributed by atoms with Gasteiger partial charge in [-0.05, 0) is 55.2 Å². The van der Waals surface area contributed by atoms with E-state index in [1.165, 1.54) is 11.8 Å². The molecule has 3 N–H and O–H groups in total. The maximum atomic E-state index is 12.1. The van der Waals surface area contributed by atoms with Gasteiger partial charge in [-0.2, -0.15) is 0 Å². The van der Waals surface area contributed by atoms with Crippen molar-refractivity contribution in [2.75, 3.05) is 18.4 Å². The van der Waals surface area contributed by atoms with Crippen molar-refractivity contribution in [1.29, 1.82) is 0 Å². The minimum Gasteiger partial charge on any atom is -0.459 e. The molecule has 6 nitrogen and oxygen atoms in total. The Balaban J connectivity index is 1.51. The molecule has 6 heteroatoms. The van der Waals surface area contributed by atoms with E-state index in [1.807, 2.05) is 37.3 Å². The van der Waals surface area contributed by atoms with Gasteiger partial charge in [-0.3, -0.25) is 4.79 Å². The van der Waals surface area contributed by atoms with Crippen molar-refractivity contribution in [3.8, 4) is 0 Å². The number of amides is 1. The van der Waals surface area contributed by atoms with Crippen molar-refractivity contribution in [3.63, 3.8) is 0 Å². The highest BCUT2D eigenvalue weighted by Crippen LogP contribution is 2.13. The van der Waals surface area contributed by atoms with Crippen LogP contribution in [0.5, 0.6) is 0 Å². The number of anilines is 1. The van der Waals surface area contributed by atoms with Crippen molar-refractivity contribution in [2.45, 2.75) is 26.3 Å². The van der Waals surface area contributed by atoms with Crippen LogP contribution in [-0.2, 0) is 13.0 Å². The molecule has 0 radical (unpaired) electrons. The SMILES string of the molecule is CCNC(=NCc1cccc(NC(=O)c2ccco2)c1)NCCCc1ccccc1. The number of carbonyl (C=O) groups excluding carboxylic acids is 1. The molecule has 0 aliphatic heterocycles. The van der Waals surface area contributed by atoms with Crippen LogP contribution < -0.4 is 16.0 Å². The van der Waals surface area contributed by atoms with Crippen LogP contribution in [0.25, 0.3) is 0 Å². The summed E-state index contributed by atoms with van der Waals surface area (Å²) >= 11 is 0. The Morgan fingerprint density at radius 1 is 0.967 bits per heavy atom. The predicted octanol–water partition coefficient (Wildman–Crippen LogP) is 4.22. The normalized spacial score (nSPS) is 11.2. The van der Waals surface area contributed by atoms with Crippen molar-refractivity contribution >= 4 is 17.6 Å². The molecule has 0 saturated carbocycles. The second-order valence-electron chi connectivity index (χ2n) is 6.84. The number of furan rings is 1. The first-order chi connectivity index (χ1) is 14.7. The predicted molar refractivity (Wildman–Crippen MR) is 121 cm³/mol. The van der Waals surface area contributed by atoms with Crippen LogP contribution in [0.2, 0.25) is 0 Å². The maximum Gasteiger partial charge on any atom is 0.291 e. The number of rotatable bonds is 9. The van der Waals surface area contributed by atoms with Crippen molar-refractivity contribution in [3.05, 3.63) is 89.9 Å². The van der Waals surface area contributed by atoms with E-state index in [4.69, 9.17) is 4.42 Å². The first-order valence-corrected chi connectivity index (χ1v) is 10.2. The average Bonchev–Trinajstić information content (AvgIpc) is 3.31. The molecule has 2 aromatic carbocycles. The molecule has 0 fully saturated rings. The number of carbonyl (C=O) groups is 1. The van der Waals surface area contributed by atoms with Gasteiger partial charge < -0.3 is 20.4 Å². The number of hydrogen-bond donors (Lipinski definition) is 3. The molecule has 1 amide bonds. The Bertz CT molecular complexity index is 937. The molecule has 0 aliphatic carbocycles. The Labute approximate surface area is 177 Å². The monoisotopic (exact) mass is 404 g/mol. The van der Waals surface area contributed by atoms with E-state index in [9.17, 15) is 4.79 Å². The Morgan fingerprint density at radius 3 is 2.57 bits per heavy atom. The van der Waals surface area contributed by atoms with Crippen LogP contribution in [0, 0.1) is 0 Å². The lowest BCUT2D eigenvalue weighted by Gasteiger charge is -2.11. The number of aliphatic imine (C=N–C) groups is 1. The fourth-order valence-electron chi connectivity index (χ4n) is 3.00. The van der Waals surface area contributed by atoms with Crippen LogP contribution in [-0.4, -0.2) is 25.0 Å². The zero-order chi connectivity index (χ0) is 21.0. The summed E-state index contributed by atoms with van der Waals surface area (Å²) in [5.74, 6) is 0.803. The van der Waals surface area contributed by atoms with E-state index in [1.54, 1.807) is 12.1 Å². The van der Waals surface area contributed by atoms with Crippen molar-refractivity contribution < 1.29 is 9.21 Å². The standard InChI is InChI=1S/C24H28N4O2/c1-2-25-24(26-15-7-12-19-9-4-3-5-10-19)27-18-20-11-6-13-21(17-20)28-23(29)22-14-8-16-30-22/h3-6,8-11,13-14,16-17H,2,7,12,15,18H2,1H3,(H,28,29)(H2,25,26,27). The summed E-state index contributed by atoms with van der Waals surface area (Å²) in [6.45, 7) is 4.20. The van der Waals surface area contributed by atoms with Crippen LogP contribution >= 0.6 is 0 Å².